The Bertz CT molecular complexity index is 317. The number of methoxy groups -OCH3 is 1. The zero-order valence-corrected chi connectivity index (χ0v) is 14.0. The standard InChI is InChI=1S/C15H30N2O4/c1-6-12(10-19-5)16-9-13-11-20-8-7-17(13)14(18)21-15(2,3)4/h12-13,16H,6-11H2,1-5H3. The third kappa shape index (κ3) is 6.63. The molecule has 2 atom stereocenters. The summed E-state index contributed by atoms with van der Waals surface area (Å²) < 4.78 is 16.1. The number of morpholine rings is 1. The van der Waals surface area contributed by atoms with Crippen LogP contribution in [-0.2, 0) is 14.2 Å². The zero-order chi connectivity index (χ0) is 15.9. The summed E-state index contributed by atoms with van der Waals surface area (Å²) in [6, 6.07) is 0.289. The Balaban J connectivity index is 2.54. The molecule has 124 valence electrons. The van der Waals surface area contributed by atoms with E-state index < -0.39 is 5.60 Å². The molecule has 1 amide bonds. The highest BCUT2D eigenvalue weighted by atomic mass is 16.6. The van der Waals surface area contributed by atoms with Crippen molar-refractivity contribution in [3.05, 3.63) is 0 Å². The molecule has 1 aliphatic heterocycles. The summed E-state index contributed by atoms with van der Waals surface area (Å²) in [6.07, 6.45) is 0.714. The highest BCUT2D eigenvalue weighted by molar-refractivity contribution is 5.68. The van der Waals surface area contributed by atoms with E-state index in [0.717, 1.165) is 6.42 Å². The Kier molecular flexibility index (Phi) is 7.42. The van der Waals surface area contributed by atoms with Gasteiger partial charge < -0.3 is 19.5 Å². The number of ether oxygens (including phenoxy) is 3. The predicted molar refractivity (Wildman–Crippen MR) is 81.5 cm³/mol. The van der Waals surface area contributed by atoms with E-state index in [1.807, 2.05) is 20.8 Å². The maximum atomic E-state index is 12.3. The average molecular weight is 302 g/mol. The minimum atomic E-state index is -0.477. The van der Waals surface area contributed by atoms with Crippen molar-refractivity contribution in [3.8, 4) is 0 Å². The molecular formula is C15H30N2O4. The van der Waals surface area contributed by atoms with E-state index in [1.165, 1.54) is 0 Å². The molecule has 1 aliphatic rings. The molecule has 0 radical (unpaired) electrons. The van der Waals surface area contributed by atoms with Gasteiger partial charge in [-0.05, 0) is 27.2 Å². The Labute approximate surface area is 128 Å². The first-order chi connectivity index (χ1) is 9.87. The van der Waals surface area contributed by atoms with Crippen molar-refractivity contribution in [2.75, 3.05) is 40.0 Å². The maximum absolute atomic E-state index is 12.3. The quantitative estimate of drug-likeness (QED) is 0.808. The third-order valence-electron chi connectivity index (χ3n) is 3.36. The lowest BCUT2D eigenvalue weighted by Crippen LogP contribution is -2.55. The van der Waals surface area contributed by atoms with Gasteiger partial charge >= 0.3 is 6.09 Å². The molecule has 1 saturated heterocycles. The molecule has 1 N–H and O–H groups in total. The van der Waals surface area contributed by atoms with Crippen molar-refractivity contribution >= 4 is 6.09 Å². The van der Waals surface area contributed by atoms with Gasteiger partial charge in [-0.15, -0.1) is 0 Å². The molecule has 0 bridgehead atoms. The summed E-state index contributed by atoms with van der Waals surface area (Å²) in [6.45, 7) is 10.8. The fourth-order valence-corrected chi connectivity index (χ4v) is 2.21. The summed E-state index contributed by atoms with van der Waals surface area (Å²) in [5.41, 5.74) is -0.477. The minimum absolute atomic E-state index is 0.000457. The van der Waals surface area contributed by atoms with E-state index in [0.29, 0.717) is 32.9 Å². The topological polar surface area (TPSA) is 60.0 Å². The van der Waals surface area contributed by atoms with Crippen LogP contribution in [0.25, 0.3) is 0 Å². The van der Waals surface area contributed by atoms with Crippen LogP contribution in [0.5, 0.6) is 0 Å². The van der Waals surface area contributed by atoms with E-state index in [-0.39, 0.29) is 18.2 Å². The summed E-state index contributed by atoms with van der Waals surface area (Å²) in [4.78, 5) is 14.0. The molecule has 2 unspecified atom stereocenters. The first-order valence-corrected chi connectivity index (χ1v) is 7.67. The lowest BCUT2D eigenvalue weighted by molar-refractivity contribution is -0.0326. The van der Waals surface area contributed by atoms with Gasteiger partial charge in [0, 0.05) is 26.2 Å². The second kappa shape index (κ2) is 8.56. The lowest BCUT2D eigenvalue weighted by atomic mass is 10.2. The van der Waals surface area contributed by atoms with Gasteiger partial charge in [-0.2, -0.15) is 0 Å². The van der Waals surface area contributed by atoms with Gasteiger partial charge in [0.25, 0.3) is 0 Å². The van der Waals surface area contributed by atoms with Crippen LogP contribution in [0.3, 0.4) is 0 Å². The fourth-order valence-electron chi connectivity index (χ4n) is 2.21. The number of nitrogens with zero attached hydrogens (tertiary/aromatic N) is 1. The summed E-state index contributed by atoms with van der Waals surface area (Å²) >= 11 is 0. The van der Waals surface area contributed by atoms with E-state index in [1.54, 1.807) is 12.0 Å². The molecule has 6 heteroatoms. The highest BCUT2D eigenvalue weighted by Crippen LogP contribution is 2.14. The minimum Gasteiger partial charge on any atom is -0.444 e. The molecule has 1 fully saturated rings. The van der Waals surface area contributed by atoms with Gasteiger partial charge in [0.15, 0.2) is 0 Å². The first-order valence-electron chi connectivity index (χ1n) is 7.67. The van der Waals surface area contributed by atoms with Crippen molar-refractivity contribution in [2.45, 2.75) is 51.8 Å². The van der Waals surface area contributed by atoms with Crippen LogP contribution in [0.15, 0.2) is 0 Å². The number of rotatable bonds is 6. The zero-order valence-electron chi connectivity index (χ0n) is 14.0. The van der Waals surface area contributed by atoms with Gasteiger partial charge in [0.1, 0.15) is 5.60 Å². The van der Waals surface area contributed by atoms with Gasteiger partial charge in [-0.3, -0.25) is 4.90 Å². The second-order valence-electron chi connectivity index (χ2n) is 6.37. The molecule has 1 rings (SSSR count). The summed E-state index contributed by atoms with van der Waals surface area (Å²) in [7, 11) is 1.70. The molecule has 0 aromatic rings. The SMILES string of the molecule is CCC(COC)NCC1COCCN1C(=O)OC(C)(C)C. The normalized spacial score (nSPS) is 21.2. The smallest absolute Gasteiger partial charge is 0.410 e. The van der Waals surface area contributed by atoms with Crippen molar-refractivity contribution in [3.63, 3.8) is 0 Å². The van der Waals surface area contributed by atoms with Crippen LogP contribution in [0.2, 0.25) is 0 Å². The number of hydrogen-bond donors (Lipinski definition) is 1. The van der Waals surface area contributed by atoms with E-state index >= 15 is 0 Å². The van der Waals surface area contributed by atoms with Crippen molar-refractivity contribution < 1.29 is 19.0 Å². The Morgan fingerprint density at radius 2 is 2.19 bits per heavy atom. The van der Waals surface area contributed by atoms with E-state index in [4.69, 9.17) is 14.2 Å². The van der Waals surface area contributed by atoms with Gasteiger partial charge in [0.2, 0.25) is 0 Å². The number of carbonyl (C=O) groups excluding carboxylic acids is 1. The lowest BCUT2D eigenvalue weighted by Gasteiger charge is -2.37. The van der Waals surface area contributed by atoms with Crippen LogP contribution < -0.4 is 5.32 Å². The number of amides is 1. The molecule has 0 saturated carbocycles. The predicted octanol–water partition coefficient (Wildman–Crippen LogP) is 1.64. The number of nitrogens with one attached hydrogen (secondary N) is 1. The summed E-state index contributed by atoms with van der Waals surface area (Å²) in [5.74, 6) is 0. The Hall–Kier alpha value is -0.850. The van der Waals surface area contributed by atoms with Crippen molar-refractivity contribution in [2.24, 2.45) is 0 Å². The molecule has 0 aliphatic carbocycles. The van der Waals surface area contributed by atoms with Crippen LogP contribution >= 0.6 is 0 Å². The van der Waals surface area contributed by atoms with Gasteiger partial charge in [-0.25, -0.2) is 4.79 Å². The number of carbonyl (C=O) groups is 1. The molecule has 0 spiro atoms. The molecular weight excluding hydrogens is 272 g/mol. The Morgan fingerprint density at radius 1 is 1.48 bits per heavy atom. The van der Waals surface area contributed by atoms with Crippen LogP contribution in [-0.4, -0.2) is 68.7 Å². The van der Waals surface area contributed by atoms with Crippen LogP contribution in [0, 0.1) is 0 Å². The van der Waals surface area contributed by atoms with E-state index in [9.17, 15) is 4.79 Å². The van der Waals surface area contributed by atoms with Crippen molar-refractivity contribution in [1.29, 1.82) is 0 Å². The molecule has 0 aromatic carbocycles. The largest absolute Gasteiger partial charge is 0.444 e. The first kappa shape index (κ1) is 18.2. The van der Waals surface area contributed by atoms with Crippen LogP contribution in [0.4, 0.5) is 4.79 Å². The van der Waals surface area contributed by atoms with Gasteiger partial charge in [0.05, 0.1) is 25.9 Å². The second-order valence-corrected chi connectivity index (χ2v) is 6.37. The number of hydrogen-bond acceptors (Lipinski definition) is 5. The fraction of sp³-hybridized carbons (Fsp3) is 0.933. The summed E-state index contributed by atoms with van der Waals surface area (Å²) in [5, 5.41) is 3.43. The molecule has 6 nitrogen and oxygen atoms in total. The molecule has 21 heavy (non-hydrogen) atoms. The van der Waals surface area contributed by atoms with Gasteiger partial charge in [-0.1, -0.05) is 6.92 Å². The highest BCUT2D eigenvalue weighted by Gasteiger charge is 2.31. The average Bonchev–Trinajstić information content (AvgIpc) is 2.42. The van der Waals surface area contributed by atoms with Crippen molar-refractivity contribution in [1.82, 2.24) is 10.2 Å². The maximum Gasteiger partial charge on any atom is 0.410 e. The van der Waals surface area contributed by atoms with Crippen LogP contribution in [0.1, 0.15) is 34.1 Å². The third-order valence-corrected chi connectivity index (χ3v) is 3.36. The monoisotopic (exact) mass is 302 g/mol. The molecule has 1 heterocycles. The molecule has 0 aromatic heterocycles. The Morgan fingerprint density at radius 3 is 2.76 bits per heavy atom. The van der Waals surface area contributed by atoms with E-state index in [2.05, 4.69) is 12.2 Å².